The standard InChI is InChI=1S/C24H21ClN4O3/c1-2-31-24(30)29-12-9-18-19-13-16(25)5-8-20(19)28-22(18)23(29)15-3-6-17(7-4-15)32-21-14-26-10-11-27-21/h3-8,10-11,13-14,23,28H,2,9,12H2,1H3. The predicted molar refractivity (Wildman–Crippen MR) is 121 cm³/mol. The molecule has 0 fully saturated rings. The molecule has 1 atom stereocenters. The molecule has 0 saturated carbocycles. The largest absolute Gasteiger partial charge is 0.450 e. The van der Waals surface area contributed by atoms with Gasteiger partial charge in [0.05, 0.1) is 12.8 Å². The predicted octanol–water partition coefficient (Wildman–Crippen LogP) is 5.51. The molecule has 1 unspecified atom stereocenters. The van der Waals surface area contributed by atoms with E-state index in [9.17, 15) is 4.79 Å². The van der Waals surface area contributed by atoms with Gasteiger partial charge >= 0.3 is 6.09 Å². The van der Waals surface area contributed by atoms with E-state index in [0.717, 1.165) is 28.6 Å². The van der Waals surface area contributed by atoms with Crippen molar-refractivity contribution in [3.8, 4) is 11.6 Å². The second kappa shape index (κ2) is 8.51. The van der Waals surface area contributed by atoms with Crippen molar-refractivity contribution in [3.63, 3.8) is 0 Å². The van der Waals surface area contributed by atoms with Crippen LogP contribution in [0, 0.1) is 0 Å². The number of hydrogen-bond donors (Lipinski definition) is 1. The third-order valence-electron chi connectivity index (χ3n) is 5.55. The summed E-state index contributed by atoms with van der Waals surface area (Å²) in [5, 5.41) is 1.78. The molecule has 0 radical (unpaired) electrons. The van der Waals surface area contributed by atoms with Gasteiger partial charge in [-0.3, -0.25) is 9.88 Å². The number of amides is 1. The molecule has 4 aromatic rings. The lowest BCUT2D eigenvalue weighted by Crippen LogP contribution is -2.40. The zero-order valence-corrected chi connectivity index (χ0v) is 18.2. The molecule has 1 aliphatic heterocycles. The minimum absolute atomic E-state index is 0.311. The Balaban J connectivity index is 1.54. The summed E-state index contributed by atoms with van der Waals surface area (Å²) in [6.45, 7) is 2.68. The number of carbonyl (C=O) groups is 1. The molecule has 32 heavy (non-hydrogen) atoms. The van der Waals surface area contributed by atoms with E-state index >= 15 is 0 Å². The maximum Gasteiger partial charge on any atom is 0.410 e. The van der Waals surface area contributed by atoms with Crippen LogP contribution in [0.3, 0.4) is 0 Å². The van der Waals surface area contributed by atoms with Gasteiger partial charge in [0.2, 0.25) is 5.88 Å². The lowest BCUT2D eigenvalue weighted by molar-refractivity contribution is 0.0932. The number of ether oxygens (including phenoxy) is 2. The molecular weight excluding hydrogens is 428 g/mol. The fourth-order valence-corrected chi connectivity index (χ4v) is 4.36. The van der Waals surface area contributed by atoms with E-state index in [4.69, 9.17) is 21.1 Å². The number of nitrogens with zero attached hydrogens (tertiary/aromatic N) is 3. The molecule has 162 valence electrons. The number of benzene rings is 2. The molecule has 1 N–H and O–H groups in total. The Kier molecular flexibility index (Phi) is 5.41. The SMILES string of the molecule is CCOC(=O)N1CCc2c([nH]c3ccc(Cl)cc23)C1c1ccc(Oc2cnccn2)cc1. The first-order valence-electron chi connectivity index (χ1n) is 10.4. The Labute approximate surface area is 190 Å². The van der Waals surface area contributed by atoms with E-state index in [2.05, 4.69) is 15.0 Å². The van der Waals surface area contributed by atoms with Gasteiger partial charge in [-0.2, -0.15) is 0 Å². The molecule has 0 saturated heterocycles. The minimum atomic E-state index is -0.334. The number of fused-ring (bicyclic) bond motifs is 3. The summed E-state index contributed by atoms with van der Waals surface area (Å²) < 4.78 is 11.1. The van der Waals surface area contributed by atoms with Crippen LogP contribution in [0.5, 0.6) is 11.6 Å². The minimum Gasteiger partial charge on any atom is -0.450 e. The average Bonchev–Trinajstić information content (AvgIpc) is 3.18. The van der Waals surface area contributed by atoms with Crippen LogP contribution in [-0.2, 0) is 11.2 Å². The summed E-state index contributed by atoms with van der Waals surface area (Å²) in [6, 6.07) is 13.1. The zero-order chi connectivity index (χ0) is 22.1. The fraction of sp³-hybridized carbons (Fsp3) is 0.208. The molecule has 2 aromatic carbocycles. The number of aromatic amines is 1. The normalized spacial score (nSPS) is 15.4. The summed E-state index contributed by atoms with van der Waals surface area (Å²) >= 11 is 6.25. The van der Waals surface area contributed by atoms with E-state index in [1.54, 1.807) is 23.5 Å². The number of aromatic nitrogens is 3. The molecule has 0 aliphatic carbocycles. The Bertz CT molecular complexity index is 1260. The fourth-order valence-electron chi connectivity index (χ4n) is 4.19. The van der Waals surface area contributed by atoms with Gasteiger partial charge in [-0.15, -0.1) is 0 Å². The van der Waals surface area contributed by atoms with Crippen LogP contribution in [0.4, 0.5) is 4.79 Å². The maximum absolute atomic E-state index is 12.8. The first-order chi connectivity index (χ1) is 15.6. The first-order valence-corrected chi connectivity index (χ1v) is 10.8. The monoisotopic (exact) mass is 448 g/mol. The van der Waals surface area contributed by atoms with Crippen molar-refractivity contribution in [3.05, 3.63) is 82.9 Å². The van der Waals surface area contributed by atoms with Gasteiger partial charge in [0.1, 0.15) is 11.8 Å². The van der Waals surface area contributed by atoms with Gasteiger partial charge in [-0.25, -0.2) is 9.78 Å². The summed E-state index contributed by atoms with van der Waals surface area (Å²) in [4.78, 5) is 26.2. The van der Waals surface area contributed by atoms with Crippen molar-refractivity contribution < 1.29 is 14.3 Å². The van der Waals surface area contributed by atoms with E-state index in [1.165, 1.54) is 5.56 Å². The highest BCUT2D eigenvalue weighted by molar-refractivity contribution is 6.31. The van der Waals surface area contributed by atoms with Gasteiger partial charge in [-0.1, -0.05) is 23.7 Å². The number of halogens is 1. The highest BCUT2D eigenvalue weighted by atomic mass is 35.5. The molecule has 0 spiro atoms. The molecular formula is C24H21ClN4O3. The number of carbonyl (C=O) groups excluding carboxylic acids is 1. The third kappa shape index (κ3) is 3.76. The number of H-pyrrole nitrogens is 1. The first kappa shape index (κ1) is 20.3. The quantitative estimate of drug-likeness (QED) is 0.445. The van der Waals surface area contributed by atoms with E-state index in [-0.39, 0.29) is 12.1 Å². The van der Waals surface area contributed by atoms with Gasteiger partial charge in [0.15, 0.2) is 0 Å². The van der Waals surface area contributed by atoms with E-state index in [0.29, 0.717) is 29.8 Å². The second-order valence-corrected chi connectivity index (χ2v) is 7.90. The van der Waals surface area contributed by atoms with Crippen LogP contribution in [0.25, 0.3) is 10.9 Å². The van der Waals surface area contributed by atoms with Crippen LogP contribution >= 0.6 is 11.6 Å². The Hall–Kier alpha value is -3.58. The van der Waals surface area contributed by atoms with Gasteiger partial charge < -0.3 is 14.5 Å². The highest BCUT2D eigenvalue weighted by Crippen LogP contribution is 2.40. The summed E-state index contributed by atoms with van der Waals surface area (Å²) in [7, 11) is 0. The van der Waals surface area contributed by atoms with E-state index < -0.39 is 0 Å². The lowest BCUT2D eigenvalue weighted by atomic mass is 9.92. The molecule has 1 amide bonds. The van der Waals surface area contributed by atoms with Crippen molar-refractivity contribution in [2.24, 2.45) is 0 Å². The van der Waals surface area contributed by atoms with Crippen molar-refractivity contribution in [2.75, 3.05) is 13.2 Å². The molecule has 3 heterocycles. The summed E-state index contributed by atoms with van der Waals surface area (Å²) in [5.41, 5.74) is 4.10. The smallest absolute Gasteiger partial charge is 0.410 e. The zero-order valence-electron chi connectivity index (χ0n) is 17.4. The lowest BCUT2D eigenvalue weighted by Gasteiger charge is -2.35. The van der Waals surface area contributed by atoms with Crippen LogP contribution in [0.1, 0.15) is 29.8 Å². The second-order valence-electron chi connectivity index (χ2n) is 7.47. The summed E-state index contributed by atoms with van der Waals surface area (Å²) in [5.74, 6) is 1.05. The Morgan fingerprint density at radius 2 is 2.06 bits per heavy atom. The van der Waals surface area contributed by atoms with Crippen LogP contribution in [-0.4, -0.2) is 39.1 Å². The van der Waals surface area contributed by atoms with Crippen molar-refractivity contribution in [1.29, 1.82) is 0 Å². The Morgan fingerprint density at radius 1 is 1.22 bits per heavy atom. The van der Waals surface area contributed by atoms with Crippen molar-refractivity contribution in [1.82, 2.24) is 19.9 Å². The number of hydrogen-bond acceptors (Lipinski definition) is 5. The number of nitrogens with one attached hydrogen (secondary N) is 1. The van der Waals surface area contributed by atoms with Gasteiger partial charge in [0.25, 0.3) is 0 Å². The molecule has 1 aliphatic rings. The summed E-state index contributed by atoms with van der Waals surface area (Å²) in [6.07, 6.45) is 5.11. The van der Waals surface area contributed by atoms with Gasteiger partial charge in [0, 0.05) is 40.6 Å². The highest BCUT2D eigenvalue weighted by Gasteiger charge is 2.35. The van der Waals surface area contributed by atoms with E-state index in [1.807, 2.05) is 49.4 Å². The molecule has 5 rings (SSSR count). The number of rotatable bonds is 4. The van der Waals surface area contributed by atoms with Gasteiger partial charge in [-0.05, 0) is 54.8 Å². The third-order valence-corrected chi connectivity index (χ3v) is 5.78. The maximum atomic E-state index is 12.8. The topological polar surface area (TPSA) is 80.3 Å². The molecule has 0 bridgehead atoms. The average molecular weight is 449 g/mol. The van der Waals surface area contributed by atoms with Crippen molar-refractivity contribution in [2.45, 2.75) is 19.4 Å². The van der Waals surface area contributed by atoms with Crippen molar-refractivity contribution >= 4 is 28.6 Å². The Morgan fingerprint density at radius 3 is 2.81 bits per heavy atom. The molecule has 7 nitrogen and oxygen atoms in total. The van der Waals surface area contributed by atoms with Crippen LogP contribution < -0.4 is 4.74 Å². The molecule has 2 aromatic heterocycles. The van der Waals surface area contributed by atoms with Crippen LogP contribution in [0.2, 0.25) is 5.02 Å². The molecule has 8 heteroatoms. The van der Waals surface area contributed by atoms with Crippen LogP contribution in [0.15, 0.2) is 61.1 Å².